The molecule has 1 atom stereocenters. The van der Waals surface area contributed by atoms with Gasteiger partial charge < -0.3 is 14.9 Å². The lowest BCUT2D eigenvalue weighted by Crippen LogP contribution is -2.20. The van der Waals surface area contributed by atoms with Gasteiger partial charge in [-0.1, -0.05) is 12.1 Å². The molecule has 0 aromatic heterocycles. The van der Waals surface area contributed by atoms with E-state index in [0.29, 0.717) is 0 Å². The second-order valence-electron chi connectivity index (χ2n) is 4.14. The van der Waals surface area contributed by atoms with Gasteiger partial charge in [-0.25, -0.2) is 0 Å². The topological polar surface area (TPSA) is 83.8 Å². The number of methoxy groups -OCH3 is 1. The van der Waals surface area contributed by atoms with Gasteiger partial charge >= 0.3 is 11.9 Å². The summed E-state index contributed by atoms with van der Waals surface area (Å²) in [6.07, 6.45) is -0.174. The second kappa shape index (κ2) is 6.05. The van der Waals surface area contributed by atoms with Crippen molar-refractivity contribution in [2.75, 3.05) is 7.11 Å². The van der Waals surface area contributed by atoms with Crippen LogP contribution in [0.15, 0.2) is 18.2 Å². The van der Waals surface area contributed by atoms with Crippen molar-refractivity contribution in [1.29, 1.82) is 0 Å². The molecule has 0 saturated heterocycles. The van der Waals surface area contributed by atoms with Crippen molar-refractivity contribution in [2.45, 2.75) is 19.8 Å². The van der Waals surface area contributed by atoms with Crippen molar-refractivity contribution < 1.29 is 24.5 Å². The largest absolute Gasteiger partial charge is 0.496 e. The number of hydrogen-bond acceptors (Lipinski definition) is 3. The Morgan fingerprint density at radius 3 is 2.44 bits per heavy atom. The highest BCUT2D eigenvalue weighted by molar-refractivity contribution is 5.78. The van der Waals surface area contributed by atoms with E-state index in [4.69, 9.17) is 14.9 Å². The third kappa shape index (κ3) is 3.76. The summed E-state index contributed by atoms with van der Waals surface area (Å²) in [5.74, 6) is -2.38. The highest BCUT2D eigenvalue weighted by Gasteiger charge is 2.21. The molecule has 1 aromatic rings. The summed E-state index contributed by atoms with van der Waals surface area (Å²) in [5, 5.41) is 17.6. The first-order valence-electron chi connectivity index (χ1n) is 5.52. The maximum absolute atomic E-state index is 11.0. The molecule has 0 aliphatic rings. The molecule has 0 bridgehead atoms. The lowest BCUT2D eigenvalue weighted by molar-refractivity contribution is -0.148. The molecule has 0 fully saturated rings. The van der Waals surface area contributed by atoms with Crippen molar-refractivity contribution >= 4 is 11.9 Å². The summed E-state index contributed by atoms with van der Waals surface area (Å²) >= 11 is 0. The van der Waals surface area contributed by atoms with E-state index in [-0.39, 0.29) is 12.8 Å². The number of hydrogen-bond donors (Lipinski definition) is 2. The van der Waals surface area contributed by atoms with Crippen LogP contribution in [0.5, 0.6) is 5.75 Å². The predicted octanol–water partition coefficient (Wildman–Crippen LogP) is 1.72. The third-order valence-electron chi connectivity index (χ3n) is 2.71. The fourth-order valence-corrected chi connectivity index (χ4v) is 1.81. The van der Waals surface area contributed by atoms with Crippen LogP contribution in [0.4, 0.5) is 0 Å². The van der Waals surface area contributed by atoms with Gasteiger partial charge in [0.25, 0.3) is 0 Å². The maximum Gasteiger partial charge on any atom is 0.307 e. The fourth-order valence-electron chi connectivity index (χ4n) is 1.81. The van der Waals surface area contributed by atoms with Crippen LogP contribution in [0.1, 0.15) is 17.5 Å². The zero-order valence-corrected chi connectivity index (χ0v) is 10.3. The molecule has 98 valence electrons. The summed E-state index contributed by atoms with van der Waals surface area (Å²) in [5.41, 5.74) is 1.69. The monoisotopic (exact) mass is 252 g/mol. The molecule has 18 heavy (non-hydrogen) atoms. The molecule has 0 saturated carbocycles. The Bertz CT molecular complexity index is 453. The lowest BCUT2D eigenvalue weighted by Gasteiger charge is -2.11. The summed E-state index contributed by atoms with van der Waals surface area (Å²) in [7, 11) is 1.56. The predicted molar refractivity (Wildman–Crippen MR) is 64.8 cm³/mol. The molecule has 5 heteroatoms. The van der Waals surface area contributed by atoms with E-state index in [1.54, 1.807) is 19.2 Å². The van der Waals surface area contributed by atoms with Crippen LogP contribution in [0.25, 0.3) is 0 Å². The Kier molecular flexibility index (Phi) is 4.71. The molecule has 1 rings (SSSR count). The molecule has 1 aromatic carbocycles. The molecule has 0 aliphatic carbocycles. The highest BCUT2D eigenvalue weighted by Crippen LogP contribution is 2.21. The van der Waals surface area contributed by atoms with E-state index in [9.17, 15) is 9.59 Å². The van der Waals surface area contributed by atoms with Gasteiger partial charge in [0.2, 0.25) is 0 Å². The van der Waals surface area contributed by atoms with Gasteiger partial charge in [0.15, 0.2) is 0 Å². The van der Waals surface area contributed by atoms with E-state index in [1.165, 1.54) is 0 Å². The van der Waals surface area contributed by atoms with Gasteiger partial charge in [0, 0.05) is 0 Å². The second-order valence-corrected chi connectivity index (χ2v) is 4.14. The van der Waals surface area contributed by atoms with Gasteiger partial charge in [-0.15, -0.1) is 0 Å². The van der Waals surface area contributed by atoms with E-state index in [2.05, 4.69) is 0 Å². The average Bonchev–Trinajstić information content (AvgIpc) is 2.27. The van der Waals surface area contributed by atoms with Crippen LogP contribution in [0.3, 0.4) is 0 Å². The van der Waals surface area contributed by atoms with E-state index in [0.717, 1.165) is 16.9 Å². The maximum atomic E-state index is 11.0. The Hall–Kier alpha value is -2.04. The Morgan fingerprint density at radius 2 is 2.00 bits per heavy atom. The molecule has 5 nitrogen and oxygen atoms in total. The average molecular weight is 252 g/mol. The first-order chi connectivity index (χ1) is 8.43. The molecule has 2 N–H and O–H groups in total. The van der Waals surface area contributed by atoms with Crippen molar-refractivity contribution in [3.63, 3.8) is 0 Å². The summed E-state index contributed by atoms with van der Waals surface area (Å²) in [6.45, 7) is 1.86. The molecule has 0 aliphatic heterocycles. The Morgan fingerprint density at radius 1 is 1.33 bits per heavy atom. The lowest BCUT2D eigenvalue weighted by atomic mass is 9.95. The molecular formula is C13H16O5. The first kappa shape index (κ1) is 14.0. The number of carboxylic acids is 2. The van der Waals surface area contributed by atoms with Crippen LogP contribution >= 0.6 is 0 Å². The third-order valence-corrected chi connectivity index (χ3v) is 2.71. The summed E-state index contributed by atoms with van der Waals surface area (Å²) < 4.78 is 5.11. The zero-order valence-electron chi connectivity index (χ0n) is 10.3. The van der Waals surface area contributed by atoms with Crippen LogP contribution in [0, 0.1) is 12.8 Å². The van der Waals surface area contributed by atoms with E-state index >= 15 is 0 Å². The summed E-state index contributed by atoms with van der Waals surface area (Å²) in [4.78, 5) is 21.5. The first-order valence-corrected chi connectivity index (χ1v) is 5.52. The van der Waals surface area contributed by atoms with Crippen LogP contribution < -0.4 is 4.74 Å². The Balaban J connectivity index is 2.84. The zero-order chi connectivity index (χ0) is 13.7. The van der Waals surface area contributed by atoms with Gasteiger partial charge in [-0.05, 0) is 30.5 Å². The quantitative estimate of drug-likeness (QED) is 0.805. The molecule has 0 amide bonds. The smallest absolute Gasteiger partial charge is 0.307 e. The van der Waals surface area contributed by atoms with Crippen LogP contribution in [-0.2, 0) is 16.0 Å². The normalized spacial score (nSPS) is 11.9. The molecule has 0 spiro atoms. The summed E-state index contributed by atoms with van der Waals surface area (Å²) in [6, 6.07) is 5.32. The minimum absolute atomic E-state index is 0.201. The molecular weight excluding hydrogens is 236 g/mol. The minimum Gasteiger partial charge on any atom is -0.496 e. The van der Waals surface area contributed by atoms with Gasteiger partial charge in [0.05, 0.1) is 19.4 Å². The number of aryl methyl sites for hydroxylation is 1. The van der Waals surface area contributed by atoms with Gasteiger partial charge in [-0.3, -0.25) is 9.59 Å². The number of benzene rings is 1. The van der Waals surface area contributed by atoms with Crippen LogP contribution in [0.2, 0.25) is 0 Å². The van der Waals surface area contributed by atoms with Gasteiger partial charge in [0.1, 0.15) is 5.75 Å². The number of carboxylic acid groups (broad SMARTS) is 2. The number of rotatable bonds is 6. The van der Waals surface area contributed by atoms with Crippen molar-refractivity contribution in [2.24, 2.45) is 5.92 Å². The number of carbonyl (C=O) groups is 2. The molecule has 0 heterocycles. The van der Waals surface area contributed by atoms with Crippen LogP contribution in [-0.4, -0.2) is 29.3 Å². The number of ether oxygens (including phenoxy) is 1. The minimum atomic E-state index is -1.10. The van der Waals surface area contributed by atoms with Gasteiger partial charge in [-0.2, -0.15) is 0 Å². The standard InChI is InChI=1S/C13H16O5/c1-8-5-9(3-4-11(8)18-2)6-10(13(16)17)7-12(14)15/h3-5,10H,6-7H2,1-2H3,(H,14,15)(H,16,17). The van der Waals surface area contributed by atoms with Crippen molar-refractivity contribution in [3.8, 4) is 5.75 Å². The van der Waals surface area contributed by atoms with E-state index < -0.39 is 17.9 Å². The van der Waals surface area contributed by atoms with Crippen molar-refractivity contribution in [1.82, 2.24) is 0 Å². The molecule has 1 unspecified atom stereocenters. The Labute approximate surface area is 105 Å². The fraction of sp³-hybridized carbons (Fsp3) is 0.385. The SMILES string of the molecule is COc1ccc(CC(CC(=O)O)C(=O)O)cc1C. The number of aliphatic carboxylic acids is 2. The highest BCUT2D eigenvalue weighted by atomic mass is 16.5. The van der Waals surface area contributed by atoms with E-state index in [1.807, 2.05) is 13.0 Å². The van der Waals surface area contributed by atoms with Crippen molar-refractivity contribution in [3.05, 3.63) is 29.3 Å². The molecule has 0 radical (unpaired) electrons.